The van der Waals surface area contributed by atoms with Crippen molar-refractivity contribution in [2.45, 2.75) is 40.1 Å². The molecule has 1 aliphatic heterocycles. The molecule has 1 amide bonds. The number of hydrogen-bond acceptors (Lipinski definition) is 5. The summed E-state index contributed by atoms with van der Waals surface area (Å²) in [5.74, 6) is -0.126. The van der Waals surface area contributed by atoms with E-state index in [1.165, 1.54) is 4.57 Å². The summed E-state index contributed by atoms with van der Waals surface area (Å²) >= 11 is 0. The van der Waals surface area contributed by atoms with Crippen molar-refractivity contribution in [3.05, 3.63) is 45.4 Å². The van der Waals surface area contributed by atoms with Gasteiger partial charge in [-0.25, -0.2) is 4.79 Å². The van der Waals surface area contributed by atoms with Gasteiger partial charge in [0.05, 0.1) is 31.1 Å². The van der Waals surface area contributed by atoms with Crippen molar-refractivity contribution >= 4 is 5.91 Å². The lowest BCUT2D eigenvalue weighted by Gasteiger charge is -2.28. The highest BCUT2D eigenvalue weighted by molar-refractivity contribution is 5.76. The maximum absolute atomic E-state index is 12.5. The van der Waals surface area contributed by atoms with E-state index in [4.69, 9.17) is 5.11 Å². The van der Waals surface area contributed by atoms with Crippen LogP contribution in [0.3, 0.4) is 0 Å². The quantitative estimate of drug-likeness (QED) is 0.831. The first-order chi connectivity index (χ1) is 11.0. The number of aromatic nitrogens is 4. The largest absolute Gasteiger partial charge is 0.390 e. The van der Waals surface area contributed by atoms with E-state index in [0.29, 0.717) is 31.0 Å². The van der Waals surface area contributed by atoms with E-state index in [1.54, 1.807) is 35.6 Å². The molecule has 0 saturated carbocycles. The van der Waals surface area contributed by atoms with E-state index >= 15 is 0 Å². The fourth-order valence-electron chi connectivity index (χ4n) is 2.82. The SMILES string of the molecule is Cc1cc(C)n(CC(=O)N2CCn3nc(CO)cc3C2)c(=O)n1. The molecule has 0 unspecified atom stereocenters. The normalized spacial score (nSPS) is 14.0. The zero-order valence-corrected chi connectivity index (χ0v) is 13.2. The fraction of sp³-hybridized carbons (Fsp3) is 0.467. The molecular weight excluding hydrogens is 298 g/mol. The Kier molecular flexibility index (Phi) is 3.99. The van der Waals surface area contributed by atoms with Crippen LogP contribution in [0, 0.1) is 13.8 Å². The third-order valence-corrected chi connectivity index (χ3v) is 4.00. The van der Waals surface area contributed by atoms with Crippen LogP contribution in [0.25, 0.3) is 0 Å². The Bertz CT molecular complexity index is 808. The molecule has 1 aliphatic rings. The van der Waals surface area contributed by atoms with Crippen LogP contribution < -0.4 is 5.69 Å². The van der Waals surface area contributed by atoms with Crippen LogP contribution in [0.2, 0.25) is 0 Å². The van der Waals surface area contributed by atoms with Gasteiger partial charge in [0.25, 0.3) is 0 Å². The van der Waals surface area contributed by atoms with Gasteiger partial charge >= 0.3 is 5.69 Å². The molecule has 0 radical (unpaired) electrons. The molecule has 2 aromatic rings. The van der Waals surface area contributed by atoms with E-state index in [9.17, 15) is 9.59 Å². The van der Waals surface area contributed by atoms with Gasteiger partial charge in [0, 0.05) is 17.9 Å². The monoisotopic (exact) mass is 317 g/mol. The van der Waals surface area contributed by atoms with Gasteiger partial charge in [0.2, 0.25) is 5.91 Å². The first-order valence-corrected chi connectivity index (χ1v) is 7.47. The number of aliphatic hydroxyl groups is 1. The molecule has 8 heteroatoms. The Hall–Kier alpha value is -2.48. The van der Waals surface area contributed by atoms with Gasteiger partial charge in [-0.3, -0.25) is 14.0 Å². The molecule has 0 aliphatic carbocycles. The summed E-state index contributed by atoms with van der Waals surface area (Å²) in [6.45, 7) is 4.97. The van der Waals surface area contributed by atoms with Gasteiger partial charge in [-0.05, 0) is 26.0 Å². The Morgan fingerprint density at radius 3 is 2.78 bits per heavy atom. The van der Waals surface area contributed by atoms with Crippen LogP contribution in [-0.2, 0) is 31.0 Å². The number of carbonyl (C=O) groups excluding carboxylic acids is 1. The minimum atomic E-state index is -0.402. The number of aryl methyl sites for hydroxylation is 2. The first-order valence-electron chi connectivity index (χ1n) is 7.47. The number of nitrogens with zero attached hydrogens (tertiary/aromatic N) is 5. The Morgan fingerprint density at radius 2 is 2.09 bits per heavy atom. The number of amides is 1. The molecule has 3 rings (SSSR count). The van der Waals surface area contributed by atoms with Crippen LogP contribution in [0.4, 0.5) is 0 Å². The standard InChI is InChI=1S/C15H19N5O3/c1-10-5-11(2)19(15(23)16-10)8-14(22)18-3-4-20-13(7-18)6-12(9-21)17-20/h5-6,21H,3-4,7-9H2,1-2H3. The molecule has 0 aromatic carbocycles. The maximum atomic E-state index is 12.5. The lowest BCUT2D eigenvalue weighted by molar-refractivity contribution is -0.133. The third-order valence-electron chi connectivity index (χ3n) is 4.00. The van der Waals surface area contributed by atoms with Gasteiger partial charge in [-0.15, -0.1) is 0 Å². The lowest BCUT2D eigenvalue weighted by Crippen LogP contribution is -2.42. The Morgan fingerprint density at radius 1 is 1.30 bits per heavy atom. The Labute approximate surface area is 133 Å². The summed E-state index contributed by atoms with van der Waals surface area (Å²) in [4.78, 5) is 30.0. The van der Waals surface area contributed by atoms with Gasteiger partial charge in [0.1, 0.15) is 6.54 Å². The highest BCUT2D eigenvalue weighted by atomic mass is 16.3. The maximum Gasteiger partial charge on any atom is 0.348 e. The van der Waals surface area contributed by atoms with E-state index < -0.39 is 5.69 Å². The predicted octanol–water partition coefficient (Wildman–Crippen LogP) is -0.409. The molecular formula is C15H19N5O3. The average molecular weight is 317 g/mol. The van der Waals surface area contributed by atoms with Crippen molar-refractivity contribution in [3.8, 4) is 0 Å². The second-order valence-corrected chi connectivity index (χ2v) is 5.73. The van der Waals surface area contributed by atoms with Gasteiger partial charge in [0.15, 0.2) is 0 Å². The molecule has 0 fully saturated rings. The highest BCUT2D eigenvalue weighted by Gasteiger charge is 2.23. The summed E-state index contributed by atoms with van der Waals surface area (Å²) in [6.07, 6.45) is 0. The molecule has 122 valence electrons. The van der Waals surface area contributed by atoms with E-state index in [0.717, 1.165) is 11.4 Å². The van der Waals surface area contributed by atoms with Gasteiger partial charge in [-0.1, -0.05) is 0 Å². The summed E-state index contributed by atoms with van der Waals surface area (Å²) in [5, 5.41) is 13.4. The first kappa shape index (κ1) is 15.4. The lowest BCUT2D eigenvalue weighted by atomic mass is 10.2. The van der Waals surface area contributed by atoms with Crippen LogP contribution >= 0.6 is 0 Å². The van der Waals surface area contributed by atoms with Crippen molar-refractivity contribution in [3.63, 3.8) is 0 Å². The van der Waals surface area contributed by atoms with E-state index in [2.05, 4.69) is 10.1 Å². The summed E-state index contributed by atoms with van der Waals surface area (Å²) in [7, 11) is 0. The molecule has 1 N–H and O–H groups in total. The number of carbonyl (C=O) groups is 1. The summed E-state index contributed by atoms with van der Waals surface area (Å²) < 4.78 is 3.20. The molecule has 23 heavy (non-hydrogen) atoms. The average Bonchev–Trinajstić information content (AvgIpc) is 2.92. The molecule has 0 bridgehead atoms. The molecule has 8 nitrogen and oxygen atoms in total. The molecule has 0 spiro atoms. The van der Waals surface area contributed by atoms with Crippen molar-refractivity contribution in [2.75, 3.05) is 6.54 Å². The minimum Gasteiger partial charge on any atom is -0.390 e. The third kappa shape index (κ3) is 3.02. The smallest absolute Gasteiger partial charge is 0.348 e. The summed E-state index contributed by atoms with van der Waals surface area (Å²) in [6, 6.07) is 3.58. The van der Waals surface area contributed by atoms with Crippen molar-refractivity contribution in [1.82, 2.24) is 24.2 Å². The van der Waals surface area contributed by atoms with Crippen molar-refractivity contribution in [1.29, 1.82) is 0 Å². The highest BCUT2D eigenvalue weighted by Crippen LogP contribution is 2.14. The van der Waals surface area contributed by atoms with Crippen molar-refractivity contribution in [2.24, 2.45) is 0 Å². The van der Waals surface area contributed by atoms with Gasteiger partial charge < -0.3 is 10.0 Å². The molecule has 2 aromatic heterocycles. The van der Waals surface area contributed by atoms with E-state index in [-0.39, 0.29) is 19.1 Å². The molecule has 3 heterocycles. The number of aliphatic hydroxyl groups excluding tert-OH is 1. The van der Waals surface area contributed by atoms with E-state index in [1.807, 2.05) is 0 Å². The summed E-state index contributed by atoms with van der Waals surface area (Å²) in [5.41, 5.74) is 2.46. The molecule has 0 atom stereocenters. The number of fused-ring (bicyclic) bond motifs is 1. The number of hydrogen-bond donors (Lipinski definition) is 1. The second kappa shape index (κ2) is 5.96. The van der Waals surface area contributed by atoms with Crippen LogP contribution in [-0.4, -0.2) is 41.8 Å². The van der Waals surface area contributed by atoms with Crippen LogP contribution in [0.5, 0.6) is 0 Å². The van der Waals surface area contributed by atoms with Gasteiger partial charge in [-0.2, -0.15) is 10.1 Å². The second-order valence-electron chi connectivity index (χ2n) is 5.73. The van der Waals surface area contributed by atoms with Crippen molar-refractivity contribution < 1.29 is 9.90 Å². The minimum absolute atomic E-state index is 0.0149. The topological polar surface area (TPSA) is 93.3 Å². The molecule has 0 saturated heterocycles. The fourth-order valence-corrected chi connectivity index (χ4v) is 2.82. The van der Waals surface area contributed by atoms with Crippen LogP contribution in [0.15, 0.2) is 16.9 Å². The predicted molar refractivity (Wildman–Crippen MR) is 81.5 cm³/mol. The Balaban J connectivity index is 1.76. The number of rotatable bonds is 3. The zero-order chi connectivity index (χ0) is 16.6. The van der Waals surface area contributed by atoms with Crippen LogP contribution in [0.1, 0.15) is 22.8 Å². The zero-order valence-electron chi connectivity index (χ0n) is 13.2.